The zero-order valence-corrected chi connectivity index (χ0v) is 12.2. The van der Waals surface area contributed by atoms with E-state index in [0.29, 0.717) is 17.6 Å². The minimum Gasteiger partial charge on any atom is -0.464 e. The van der Waals surface area contributed by atoms with Gasteiger partial charge in [0.05, 0.1) is 23.9 Å². The van der Waals surface area contributed by atoms with E-state index in [1.54, 1.807) is 36.5 Å². The third-order valence-corrected chi connectivity index (χ3v) is 4.80. The van der Waals surface area contributed by atoms with E-state index in [1.165, 1.54) is 0 Å². The summed E-state index contributed by atoms with van der Waals surface area (Å²) in [5.74, 6) is 1.11. The van der Waals surface area contributed by atoms with Crippen LogP contribution in [0.3, 0.4) is 0 Å². The van der Waals surface area contributed by atoms with E-state index in [4.69, 9.17) is 4.42 Å². The summed E-state index contributed by atoms with van der Waals surface area (Å²) in [6, 6.07) is 7.74. The first-order valence-corrected chi connectivity index (χ1v) is 7.93. The quantitative estimate of drug-likeness (QED) is 0.944. The Morgan fingerprint density at radius 3 is 2.95 bits per heavy atom. The molecule has 0 aromatic carbocycles. The van der Waals surface area contributed by atoms with Crippen LogP contribution in [-0.4, -0.2) is 32.0 Å². The molecular weight excluding hydrogens is 286 g/mol. The first kappa shape index (κ1) is 12.9. The second-order valence-electron chi connectivity index (χ2n) is 5.29. The van der Waals surface area contributed by atoms with E-state index in [2.05, 4.69) is 9.98 Å². The summed E-state index contributed by atoms with van der Waals surface area (Å²) >= 11 is 1.56. The Morgan fingerprint density at radius 2 is 2.29 bits per heavy atom. The second-order valence-corrected chi connectivity index (χ2v) is 6.23. The van der Waals surface area contributed by atoms with Crippen molar-refractivity contribution >= 4 is 22.6 Å². The second kappa shape index (κ2) is 4.89. The largest absolute Gasteiger partial charge is 0.464 e. The van der Waals surface area contributed by atoms with Gasteiger partial charge in [-0.3, -0.25) is 4.98 Å². The highest BCUT2D eigenvalue weighted by Gasteiger charge is 2.52. The highest BCUT2D eigenvalue weighted by Crippen LogP contribution is 2.46. The molecule has 5 nitrogen and oxygen atoms in total. The van der Waals surface area contributed by atoms with Crippen molar-refractivity contribution in [1.29, 1.82) is 0 Å². The van der Waals surface area contributed by atoms with Crippen molar-refractivity contribution in [2.24, 2.45) is 4.99 Å². The molecule has 108 valence electrons. The summed E-state index contributed by atoms with van der Waals surface area (Å²) < 4.78 is 5.45. The van der Waals surface area contributed by atoms with Gasteiger partial charge in [0.2, 0.25) is 5.72 Å². The zero-order valence-electron chi connectivity index (χ0n) is 11.3. The molecule has 2 aliphatic rings. The zero-order chi connectivity index (χ0) is 14.3. The van der Waals surface area contributed by atoms with Gasteiger partial charge >= 0.3 is 0 Å². The minimum absolute atomic E-state index is 0.338. The van der Waals surface area contributed by atoms with Gasteiger partial charge < -0.3 is 14.4 Å². The molecule has 0 radical (unpaired) electrons. The van der Waals surface area contributed by atoms with Crippen LogP contribution in [0.1, 0.15) is 18.6 Å². The molecule has 1 saturated heterocycles. The summed E-state index contributed by atoms with van der Waals surface area (Å²) in [6.45, 7) is 0. The Kier molecular flexibility index (Phi) is 3.01. The van der Waals surface area contributed by atoms with Crippen molar-refractivity contribution in [3.63, 3.8) is 0 Å². The maximum Gasteiger partial charge on any atom is 0.209 e. The maximum absolute atomic E-state index is 11.1. The lowest BCUT2D eigenvalue weighted by Gasteiger charge is -2.32. The smallest absolute Gasteiger partial charge is 0.209 e. The summed E-state index contributed by atoms with van der Waals surface area (Å²) in [5.41, 5.74) is -0.300. The SMILES string of the molecule is O[C@]1(c2ccco2)CSC(=Nc2cccnc2)N1C1CC1. The van der Waals surface area contributed by atoms with E-state index in [-0.39, 0.29) is 0 Å². The lowest BCUT2D eigenvalue weighted by molar-refractivity contribution is -0.0688. The fourth-order valence-electron chi connectivity index (χ4n) is 2.57. The molecule has 1 saturated carbocycles. The molecule has 3 heterocycles. The van der Waals surface area contributed by atoms with E-state index >= 15 is 0 Å². The fourth-order valence-corrected chi connectivity index (χ4v) is 3.79. The molecule has 1 atom stereocenters. The van der Waals surface area contributed by atoms with Crippen LogP contribution in [0.4, 0.5) is 5.69 Å². The Balaban J connectivity index is 1.72. The van der Waals surface area contributed by atoms with Crippen LogP contribution in [0, 0.1) is 0 Å². The number of rotatable bonds is 3. The van der Waals surface area contributed by atoms with Crippen LogP contribution in [-0.2, 0) is 5.72 Å². The molecule has 1 aliphatic heterocycles. The van der Waals surface area contributed by atoms with Gasteiger partial charge in [-0.05, 0) is 37.1 Å². The first-order valence-electron chi connectivity index (χ1n) is 6.94. The highest BCUT2D eigenvalue weighted by atomic mass is 32.2. The molecule has 6 heteroatoms. The maximum atomic E-state index is 11.1. The Bertz CT molecular complexity index is 655. The van der Waals surface area contributed by atoms with Crippen molar-refractivity contribution in [2.45, 2.75) is 24.6 Å². The molecule has 0 amide bonds. The molecule has 1 aliphatic carbocycles. The van der Waals surface area contributed by atoms with Gasteiger partial charge in [-0.25, -0.2) is 4.99 Å². The van der Waals surface area contributed by atoms with Gasteiger partial charge in [0, 0.05) is 12.2 Å². The van der Waals surface area contributed by atoms with Crippen molar-refractivity contribution in [1.82, 2.24) is 9.88 Å². The molecule has 21 heavy (non-hydrogen) atoms. The lowest BCUT2D eigenvalue weighted by Crippen LogP contribution is -2.46. The van der Waals surface area contributed by atoms with Gasteiger partial charge in [-0.15, -0.1) is 0 Å². The first-order chi connectivity index (χ1) is 10.3. The topological polar surface area (TPSA) is 61.9 Å². The van der Waals surface area contributed by atoms with Crippen LogP contribution in [0.25, 0.3) is 0 Å². The van der Waals surface area contributed by atoms with Gasteiger partial charge in [-0.2, -0.15) is 0 Å². The van der Waals surface area contributed by atoms with Crippen LogP contribution >= 0.6 is 11.8 Å². The molecule has 2 fully saturated rings. The van der Waals surface area contributed by atoms with E-state index in [9.17, 15) is 5.11 Å². The van der Waals surface area contributed by atoms with Crippen molar-refractivity contribution in [3.05, 3.63) is 48.7 Å². The minimum atomic E-state index is -1.10. The number of hydrogen-bond donors (Lipinski definition) is 1. The standard InChI is InChI=1S/C15H15N3O2S/c19-15(13-4-2-8-20-13)10-21-14(18(15)12-5-6-12)17-11-3-1-7-16-9-11/h1-4,7-9,12,19H,5-6,10H2/t15-/m0/s1. The number of hydrogen-bond acceptors (Lipinski definition) is 5. The fraction of sp³-hybridized carbons (Fsp3) is 0.333. The van der Waals surface area contributed by atoms with Crippen LogP contribution in [0.5, 0.6) is 0 Å². The highest BCUT2D eigenvalue weighted by molar-refractivity contribution is 8.14. The molecule has 2 aromatic heterocycles. The van der Waals surface area contributed by atoms with Gasteiger partial charge in [0.25, 0.3) is 0 Å². The summed E-state index contributed by atoms with van der Waals surface area (Å²) in [5, 5.41) is 11.9. The predicted molar refractivity (Wildman–Crippen MR) is 81.3 cm³/mol. The number of aliphatic hydroxyl groups is 1. The number of aliphatic imine (C=N–C) groups is 1. The van der Waals surface area contributed by atoms with E-state index < -0.39 is 5.72 Å². The van der Waals surface area contributed by atoms with Crippen molar-refractivity contribution in [3.8, 4) is 0 Å². The van der Waals surface area contributed by atoms with E-state index in [1.807, 2.05) is 23.1 Å². The molecule has 0 bridgehead atoms. The number of pyridine rings is 1. The van der Waals surface area contributed by atoms with Crippen LogP contribution in [0.2, 0.25) is 0 Å². The van der Waals surface area contributed by atoms with Crippen LogP contribution < -0.4 is 0 Å². The third-order valence-electron chi connectivity index (χ3n) is 3.71. The Hall–Kier alpha value is -1.79. The monoisotopic (exact) mass is 301 g/mol. The summed E-state index contributed by atoms with van der Waals surface area (Å²) in [7, 11) is 0. The average molecular weight is 301 g/mol. The van der Waals surface area contributed by atoms with Crippen molar-refractivity contribution < 1.29 is 9.52 Å². The lowest BCUT2D eigenvalue weighted by atomic mass is 10.1. The average Bonchev–Trinajstić information content (AvgIpc) is 3.05. The molecular formula is C15H15N3O2S. The number of aromatic nitrogens is 1. The third kappa shape index (κ3) is 2.24. The number of thioether (sulfide) groups is 1. The Labute approximate surface area is 126 Å². The molecule has 1 N–H and O–H groups in total. The predicted octanol–water partition coefficient (Wildman–Crippen LogP) is 2.72. The molecule has 2 aromatic rings. The Morgan fingerprint density at radius 1 is 1.38 bits per heavy atom. The number of amidine groups is 1. The van der Waals surface area contributed by atoms with Gasteiger partial charge in [0.15, 0.2) is 10.9 Å². The van der Waals surface area contributed by atoms with Crippen LogP contribution in [0.15, 0.2) is 52.3 Å². The van der Waals surface area contributed by atoms with Gasteiger partial charge in [-0.1, -0.05) is 11.8 Å². The number of furan rings is 1. The van der Waals surface area contributed by atoms with Gasteiger partial charge in [0.1, 0.15) is 0 Å². The molecule has 0 unspecified atom stereocenters. The van der Waals surface area contributed by atoms with Crippen molar-refractivity contribution in [2.75, 3.05) is 5.75 Å². The normalized spacial score (nSPS) is 27.5. The molecule has 4 rings (SSSR count). The van der Waals surface area contributed by atoms with E-state index in [0.717, 1.165) is 23.7 Å². The summed E-state index contributed by atoms with van der Waals surface area (Å²) in [4.78, 5) is 10.7. The molecule has 0 spiro atoms. The summed E-state index contributed by atoms with van der Waals surface area (Å²) in [6.07, 6.45) is 7.21. The number of nitrogens with zero attached hydrogens (tertiary/aromatic N) is 3.